The second-order valence-electron chi connectivity index (χ2n) is 6.24. The Bertz CT molecular complexity index is 893. The Morgan fingerprint density at radius 1 is 0.852 bits per heavy atom. The third kappa shape index (κ3) is 5.02. The van der Waals surface area contributed by atoms with Gasteiger partial charge in [-0.05, 0) is 47.5 Å². The minimum absolute atomic E-state index is 0.0689. The van der Waals surface area contributed by atoms with Crippen LogP contribution in [0, 0.1) is 0 Å². The van der Waals surface area contributed by atoms with Gasteiger partial charge < -0.3 is 5.32 Å². The number of hydrogen-bond acceptors (Lipinski definition) is 2. The zero-order valence-electron chi connectivity index (χ0n) is 15.2. The zero-order valence-corrected chi connectivity index (χ0v) is 16.0. The van der Waals surface area contributed by atoms with Crippen LogP contribution in [0.1, 0.15) is 35.3 Å². The van der Waals surface area contributed by atoms with Crippen LogP contribution in [-0.2, 0) is 0 Å². The van der Waals surface area contributed by atoms with Gasteiger partial charge in [-0.25, -0.2) is 0 Å². The van der Waals surface area contributed by atoms with Crippen molar-refractivity contribution in [2.75, 3.05) is 0 Å². The third-order valence-electron chi connectivity index (χ3n) is 4.40. The molecule has 3 aromatic rings. The minimum atomic E-state index is -0.213. The molecule has 1 unspecified atom stereocenters. The summed E-state index contributed by atoms with van der Waals surface area (Å²) in [7, 11) is 0. The standard InChI is InChI=1S/C23H22N2OS/c1-2-21(19-11-7-4-8-12-19)24-23(27)25-22(26)20-15-13-18(14-16-20)17-9-5-3-6-10-17/h3-16,21H,2H2,1H3,(H2,24,25,26,27). The van der Waals surface area contributed by atoms with E-state index >= 15 is 0 Å². The Kier molecular flexibility index (Phi) is 6.34. The van der Waals surface area contributed by atoms with Crippen molar-refractivity contribution in [3.8, 4) is 11.1 Å². The fourth-order valence-corrected chi connectivity index (χ4v) is 3.16. The maximum atomic E-state index is 12.5. The number of benzene rings is 3. The molecule has 3 rings (SSSR count). The highest BCUT2D eigenvalue weighted by Gasteiger charge is 2.13. The molecule has 0 aliphatic heterocycles. The van der Waals surface area contributed by atoms with E-state index in [1.54, 1.807) is 0 Å². The number of hydrogen-bond donors (Lipinski definition) is 2. The molecule has 1 atom stereocenters. The van der Waals surface area contributed by atoms with Crippen molar-refractivity contribution in [3.05, 3.63) is 96.1 Å². The summed E-state index contributed by atoms with van der Waals surface area (Å²) < 4.78 is 0. The maximum Gasteiger partial charge on any atom is 0.257 e. The Balaban J connectivity index is 1.62. The summed E-state index contributed by atoms with van der Waals surface area (Å²) in [6, 6.07) is 27.7. The minimum Gasteiger partial charge on any atom is -0.356 e. The van der Waals surface area contributed by atoms with Crippen molar-refractivity contribution in [1.82, 2.24) is 10.6 Å². The van der Waals surface area contributed by atoms with E-state index in [2.05, 4.69) is 17.6 Å². The molecular weight excluding hydrogens is 352 g/mol. The largest absolute Gasteiger partial charge is 0.356 e. The average Bonchev–Trinajstić information content (AvgIpc) is 2.73. The lowest BCUT2D eigenvalue weighted by Crippen LogP contribution is -2.40. The molecule has 0 saturated heterocycles. The SMILES string of the molecule is CCC(NC(=S)NC(=O)c1ccc(-c2ccccc2)cc1)c1ccccc1. The highest BCUT2D eigenvalue weighted by molar-refractivity contribution is 7.80. The van der Waals surface area contributed by atoms with Crippen molar-refractivity contribution >= 4 is 23.2 Å². The zero-order chi connectivity index (χ0) is 19.1. The van der Waals surface area contributed by atoms with Crippen molar-refractivity contribution < 1.29 is 4.79 Å². The van der Waals surface area contributed by atoms with Crippen molar-refractivity contribution in [2.24, 2.45) is 0 Å². The number of thiocarbonyl (C=S) groups is 1. The number of carbonyl (C=O) groups excluding carboxylic acids is 1. The molecule has 0 fully saturated rings. The van der Waals surface area contributed by atoms with Crippen molar-refractivity contribution in [2.45, 2.75) is 19.4 Å². The van der Waals surface area contributed by atoms with Gasteiger partial charge >= 0.3 is 0 Å². The predicted octanol–water partition coefficient (Wildman–Crippen LogP) is 5.11. The molecular formula is C23H22N2OS. The molecule has 0 aliphatic carbocycles. The van der Waals surface area contributed by atoms with Crippen LogP contribution in [0.25, 0.3) is 11.1 Å². The Hall–Kier alpha value is -2.98. The fraction of sp³-hybridized carbons (Fsp3) is 0.130. The molecule has 27 heavy (non-hydrogen) atoms. The van der Waals surface area contributed by atoms with Gasteiger partial charge in [0, 0.05) is 5.56 Å². The summed E-state index contributed by atoms with van der Waals surface area (Å²) in [6.45, 7) is 2.08. The molecule has 3 aromatic carbocycles. The van der Waals surface area contributed by atoms with Crippen molar-refractivity contribution in [3.63, 3.8) is 0 Å². The summed E-state index contributed by atoms with van der Waals surface area (Å²) in [5.41, 5.74) is 3.91. The molecule has 0 radical (unpaired) electrons. The average molecular weight is 375 g/mol. The molecule has 0 saturated carbocycles. The van der Waals surface area contributed by atoms with Gasteiger partial charge in [-0.15, -0.1) is 0 Å². The molecule has 0 spiro atoms. The Morgan fingerprint density at radius 3 is 2.00 bits per heavy atom. The molecule has 0 aliphatic rings. The molecule has 1 amide bonds. The molecule has 4 heteroatoms. The van der Waals surface area contributed by atoms with Crippen LogP contribution >= 0.6 is 12.2 Å². The first kappa shape index (κ1) is 18.8. The monoisotopic (exact) mass is 374 g/mol. The van der Waals surface area contributed by atoms with E-state index in [9.17, 15) is 4.79 Å². The van der Waals surface area contributed by atoms with E-state index in [0.717, 1.165) is 23.1 Å². The van der Waals surface area contributed by atoms with Crippen LogP contribution in [0.5, 0.6) is 0 Å². The lowest BCUT2D eigenvalue weighted by molar-refractivity contribution is 0.0976. The highest BCUT2D eigenvalue weighted by Crippen LogP contribution is 2.19. The second-order valence-corrected chi connectivity index (χ2v) is 6.65. The van der Waals surface area contributed by atoms with Crippen LogP contribution < -0.4 is 10.6 Å². The normalized spacial score (nSPS) is 11.4. The van der Waals surface area contributed by atoms with E-state index in [1.807, 2.05) is 84.9 Å². The first-order valence-corrected chi connectivity index (χ1v) is 9.40. The van der Waals surface area contributed by atoms with Crippen LogP contribution in [0.3, 0.4) is 0 Å². The van der Waals surface area contributed by atoms with E-state index in [-0.39, 0.29) is 11.9 Å². The molecule has 0 bridgehead atoms. The van der Waals surface area contributed by atoms with Crippen LogP contribution in [0.4, 0.5) is 0 Å². The van der Waals surface area contributed by atoms with Gasteiger partial charge in [0.15, 0.2) is 5.11 Å². The van der Waals surface area contributed by atoms with Gasteiger partial charge in [0.25, 0.3) is 5.91 Å². The second kappa shape index (κ2) is 9.10. The van der Waals surface area contributed by atoms with E-state index in [0.29, 0.717) is 10.7 Å². The molecule has 0 heterocycles. The summed E-state index contributed by atoms with van der Waals surface area (Å²) >= 11 is 5.33. The van der Waals surface area contributed by atoms with Crippen LogP contribution in [-0.4, -0.2) is 11.0 Å². The summed E-state index contributed by atoms with van der Waals surface area (Å²) in [5, 5.41) is 6.33. The summed E-state index contributed by atoms with van der Waals surface area (Å²) in [5.74, 6) is -0.213. The lowest BCUT2D eigenvalue weighted by atomic mass is 10.0. The van der Waals surface area contributed by atoms with E-state index < -0.39 is 0 Å². The third-order valence-corrected chi connectivity index (χ3v) is 4.62. The predicted molar refractivity (Wildman–Crippen MR) is 115 cm³/mol. The Morgan fingerprint density at radius 2 is 1.41 bits per heavy atom. The molecule has 136 valence electrons. The van der Waals surface area contributed by atoms with Gasteiger partial charge in [0.1, 0.15) is 0 Å². The smallest absolute Gasteiger partial charge is 0.257 e. The van der Waals surface area contributed by atoms with E-state index in [4.69, 9.17) is 12.2 Å². The number of rotatable bonds is 5. The number of nitrogens with one attached hydrogen (secondary N) is 2. The van der Waals surface area contributed by atoms with Gasteiger partial charge in [-0.2, -0.15) is 0 Å². The summed E-state index contributed by atoms with van der Waals surface area (Å²) in [4.78, 5) is 12.5. The topological polar surface area (TPSA) is 41.1 Å². The van der Waals surface area contributed by atoms with Gasteiger partial charge in [0.05, 0.1) is 6.04 Å². The van der Waals surface area contributed by atoms with Crippen LogP contribution in [0.2, 0.25) is 0 Å². The number of amides is 1. The maximum absolute atomic E-state index is 12.5. The summed E-state index contributed by atoms with van der Waals surface area (Å²) in [6.07, 6.45) is 0.867. The quantitative estimate of drug-likeness (QED) is 0.610. The van der Waals surface area contributed by atoms with Crippen LogP contribution in [0.15, 0.2) is 84.9 Å². The first-order valence-electron chi connectivity index (χ1n) is 8.99. The van der Waals surface area contributed by atoms with Gasteiger partial charge in [-0.3, -0.25) is 10.1 Å². The van der Waals surface area contributed by atoms with Gasteiger partial charge in [0.2, 0.25) is 0 Å². The first-order chi connectivity index (χ1) is 13.2. The molecule has 3 nitrogen and oxygen atoms in total. The highest BCUT2D eigenvalue weighted by atomic mass is 32.1. The van der Waals surface area contributed by atoms with Gasteiger partial charge in [-0.1, -0.05) is 79.7 Å². The fourth-order valence-electron chi connectivity index (χ4n) is 2.92. The number of carbonyl (C=O) groups is 1. The van der Waals surface area contributed by atoms with E-state index in [1.165, 1.54) is 0 Å². The lowest BCUT2D eigenvalue weighted by Gasteiger charge is -2.19. The van der Waals surface area contributed by atoms with Crippen molar-refractivity contribution in [1.29, 1.82) is 0 Å². The molecule has 2 N–H and O–H groups in total. The molecule has 0 aromatic heterocycles. The Labute approximate surface area is 165 Å².